The van der Waals surface area contributed by atoms with Crippen molar-refractivity contribution in [2.24, 2.45) is 0 Å². The number of rotatable bonds is 6. The van der Waals surface area contributed by atoms with Crippen LogP contribution >= 0.6 is 0 Å². The Morgan fingerprint density at radius 3 is 2.66 bits per heavy atom. The van der Waals surface area contributed by atoms with Crippen LogP contribution in [0, 0.1) is 0 Å². The van der Waals surface area contributed by atoms with E-state index >= 15 is 0 Å². The molecule has 1 aromatic heterocycles. The molecule has 0 radical (unpaired) electrons. The molecule has 8 nitrogen and oxygen atoms in total. The molecule has 2 aromatic rings. The molecule has 0 aliphatic carbocycles. The molecule has 1 atom stereocenters. The first-order valence-corrected chi connectivity index (χ1v) is 11.3. The van der Waals surface area contributed by atoms with Crippen molar-refractivity contribution in [1.29, 1.82) is 0 Å². The predicted octanol–water partition coefficient (Wildman–Crippen LogP) is 2.94. The van der Waals surface area contributed by atoms with Crippen LogP contribution in [0.15, 0.2) is 24.3 Å². The number of fused-ring (bicyclic) bond motifs is 1. The minimum absolute atomic E-state index is 0.00513. The van der Waals surface area contributed by atoms with Gasteiger partial charge >= 0.3 is 0 Å². The Hall–Kier alpha value is -3.00. The fraction of sp³-hybridized carbons (Fsp3) is 0.500. The van der Waals surface area contributed by atoms with Crippen molar-refractivity contribution in [3.63, 3.8) is 0 Å². The SMILES string of the molecule is CCOCc1ccc(C(=O)N2CCCC2c2nc3c(c(NC)n2)CN(C(C)=O)CC3)cc1. The summed E-state index contributed by atoms with van der Waals surface area (Å²) in [7, 11) is 1.83. The summed E-state index contributed by atoms with van der Waals surface area (Å²) in [5.41, 5.74) is 3.66. The molecule has 8 heteroatoms. The van der Waals surface area contributed by atoms with Crippen molar-refractivity contribution in [3.8, 4) is 0 Å². The van der Waals surface area contributed by atoms with Crippen LogP contribution < -0.4 is 5.32 Å². The topological polar surface area (TPSA) is 87.7 Å². The van der Waals surface area contributed by atoms with Crippen LogP contribution in [-0.2, 0) is 29.1 Å². The molecule has 3 heterocycles. The van der Waals surface area contributed by atoms with Gasteiger partial charge in [0.05, 0.1) is 24.9 Å². The zero-order valence-corrected chi connectivity index (χ0v) is 19.1. The number of amides is 2. The first kappa shape index (κ1) is 22.2. The second kappa shape index (κ2) is 9.65. The maximum absolute atomic E-state index is 13.3. The van der Waals surface area contributed by atoms with Gasteiger partial charge in [-0.25, -0.2) is 9.97 Å². The van der Waals surface area contributed by atoms with Crippen molar-refractivity contribution in [2.45, 2.75) is 52.3 Å². The highest BCUT2D eigenvalue weighted by atomic mass is 16.5. The quantitative estimate of drug-likeness (QED) is 0.748. The molecule has 1 aromatic carbocycles. The van der Waals surface area contributed by atoms with E-state index in [2.05, 4.69) is 5.32 Å². The van der Waals surface area contributed by atoms with Gasteiger partial charge in [-0.2, -0.15) is 0 Å². The van der Waals surface area contributed by atoms with Gasteiger partial charge in [0.25, 0.3) is 5.91 Å². The average molecular weight is 438 g/mol. The number of likely N-dealkylation sites (tertiary alicyclic amines) is 1. The molecule has 2 amide bonds. The molecule has 4 rings (SSSR count). The largest absolute Gasteiger partial charge is 0.377 e. The van der Waals surface area contributed by atoms with Crippen LogP contribution in [0.4, 0.5) is 5.82 Å². The lowest BCUT2D eigenvalue weighted by molar-refractivity contribution is -0.129. The summed E-state index contributed by atoms with van der Waals surface area (Å²) < 4.78 is 5.44. The van der Waals surface area contributed by atoms with E-state index in [0.717, 1.165) is 35.5 Å². The monoisotopic (exact) mass is 437 g/mol. The summed E-state index contributed by atoms with van der Waals surface area (Å²) in [5, 5.41) is 3.17. The molecule has 2 aliphatic rings. The third kappa shape index (κ3) is 4.46. The summed E-state index contributed by atoms with van der Waals surface area (Å²) in [6.45, 7) is 6.63. The summed E-state index contributed by atoms with van der Waals surface area (Å²) in [6.07, 6.45) is 2.46. The Morgan fingerprint density at radius 1 is 1.19 bits per heavy atom. The second-order valence-corrected chi connectivity index (χ2v) is 8.29. The van der Waals surface area contributed by atoms with Crippen LogP contribution in [0.1, 0.15) is 65.7 Å². The molecule has 32 heavy (non-hydrogen) atoms. The van der Waals surface area contributed by atoms with E-state index in [0.29, 0.717) is 50.7 Å². The number of nitrogens with one attached hydrogen (secondary N) is 1. The Bertz CT molecular complexity index is 975. The van der Waals surface area contributed by atoms with Crippen molar-refractivity contribution >= 4 is 17.6 Å². The molecule has 0 bridgehead atoms. The lowest BCUT2D eigenvalue weighted by Crippen LogP contribution is -2.36. The second-order valence-electron chi connectivity index (χ2n) is 8.29. The first-order valence-electron chi connectivity index (χ1n) is 11.3. The fourth-order valence-corrected chi connectivity index (χ4v) is 4.47. The van der Waals surface area contributed by atoms with Crippen molar-refractivity contribution in [3.05, 3.63) is 52.5 Å². The fourth-order valence-electron chi connectivity index (χ4n) is 4.47. The zero-order chi connectivity index (χ0) is 22.7. The van der Waals surface area contributed by atoms with E-state index < -0.39 is 0 Å². The van der Waals surface area contributed by atoms with Crippen molar-refractivity contribution < 1.29 is 14.3 Å². The van der Waals surface area contributed by atoms with Crippen LogP contribution in [-0.4, -0.2) is 58.3 Å². The van der Waals surface area contributed by atoms with Gasteiger partial charge in [0.1, 0.15) is 5.82 Å². The van der Waals surface area contributed by atoms with Crippen molar-refractivity contribution in [2.75, 3.05) is 32.1 Å². The van der Waals surface area contributed by atoms with Gasteiger partial charge in [-0.1, -0.05) is 12.1 Å². The van der Waals surface area contributed by atoms with E-state index in [1.807, 2.05) is 48.0 Å². The smallest absolute Gasteiger partial charge is 0.254 e. The Labute approximate surface area is 189 Å². The molecule has 1 N–H and O–H groups in total. The third-order valence-electron chi connectivity index (χ3n) is 6.25. The molecule has 1 saturated heterocycles. The summed E-state index contributed by atoms with van der Waals surface area (Å²) in [6, 6.07) is 7.49. The van der Waals surface area contributed by atoms with Crippen molar-refractivity contribution in [1.82, 2.24) is 19.8 Å². The molecule has 1 unspecified atom stereocenters. The van der Waals surface area contributed by atoms with Gasteiger partial charge in [0, 0.05) is 51.2 Å². The van der Waals surface area contributed by atoms with Crippen LogP contribution in [0.5, 0.6) is 0 Å². The van der Waals surface area contributed by atoms with E-state index in [1.165, 1.54) is 0 Å². The molecule has 0 spiro atoms. The summed E-state index contributed by atoms with van der Waals surface area (Å²) in [5.74, 6) is 1.49. The number of ether oxygens (including phenoxy) is 1. The van der Waals surface area contributed by atoms with Crippen LogP contribution in [0.3, 0.4) is 0 Å². The Kier molecular flexibility index (Phi) is 6.69. The first-order chi connectivity index (χ1) is 15.5. The summed E-state index contributed by atoms with van der Waals surface area (Å²) in [4.78, 5) is 38.5. The minimum Gasteiger partial charge on any atom is -0.377 e. The third-order valence-corrected chi connectivity index (χ3v) is 6.25. The van der Waals surface area contributed by atoms with E-state index in [4.69, 9.17) is 14.7 Å². The van der Waals surface area contributed by atoms with Gasteiger partial charge in [-0.15, -0.1) is 0 Å². The summed E-state index contributed by atoms with van der Waals surface area (Å²) >= 11 is 0. The number of nitrogens with zero attached hydrogens (tertiary/aromatic N) is 4. The Morgan fingerprint density at radius 2 is 1.97 bits per heavy atom. The predicted molar refractivity (Wildman–Crippen MR) is 121 cm³/mol. The minimum atomic E-state index is -0.145. The number of aromatic nitrogens is 2. The highest BCUT2D eigenvalue weighted by Crippen LogP contribution is 2.34. The Balaban J connectivity index is 1.57. The normalized spacial score (nSPS) is 17.9. The average Bonchev–Trinajstić information content (AvgIpc) is 3.31. The molecule has 0 saturated carbocycles. The lowest BCUT2D eigenvalue weighted by atomic mass is 10.0. The maximum atomic E-state index is 13.3. The van der Waals surface area contributed by atoms with E-state index in [9.17, 15) is 9.59 Å². The molecular formula is C24H31N5O3. The molecular weight excluding hydrogens is 406 g/mol. The number of anilines is 1. The molecule has 170 valence electrons. The van der Waals surface area contributed by atoms with E-state index in [1.54, 1.807) is 6.92 Å². The molecule has 1 fully saturated rings. The number of carbonyl (C=O) groups excluding carboxylic acids is 2. The maximum Gasteiger partial charge on any atom is 0.254 e. The molecule has 2 aliphatic heterocycles. The number of hydrogen-bond donors (Lipinski definition) is 1. The van der Waals surface area contributed by atoms with Gasteiger partial charge in [0.15, 0.2) is 5.82 Å². The highest BCUT2D eigenvalue weighted by Gasteiger charge is 2.34. The zero-order valence-electron chi connectivity index (χ0n) is 19.1. The van der Waals surface area contributed by atoms with Gasteiger partial charge in [-0.05, 0) is 37.5 Å². The van der Waals surface area contributed by atoms with Crippen LogP contribution in [0.2, 0.25) is 0 Å². The number of hydrogen-bond acceptors (Lipinski definition) is 6. The van der Waals surface area contributed by atoms with Gasteiger partial charge in [0.2, 0.25) is 5.91 Å². The van der Waals surface area contributed by atoms with Crippen LogP contribution in [0.25, 0.3) is 0 Å². The number of benzene rings is 1. The van der Waals surface area contributed by atoms with Gasteiger partial charge in [-0.3, -0.25) is 9.59 Å². The van der Waals surface area contributed by atoms with E-state index in [-0.39, 0.29) is 17.9 Å². The highest BCUT2D eigenvalue weighted by molar-refractivity contribution is 5.94. The number of carbonyl (C=O) groups is 2. The lowest BCUT2D eigenvalue weighted by Gasteiger charge is -2.30. The van der Waals surface area contributed by atoms with Gasteiger partial charge < -0.3 is 19.9 Å². The standard InChI is InChI=1S/C24H31N5O3/c1-4-32-15-17-7-9-18(10-8-17)24(31)29-12-5-6-21(29)23-26-20-11-13-28(16(2)30)14-19(20)22(25-3)27-23/h7-10,21H,4-6,11-15H2,1-3H3,(H,25,26,27).